The number of benzene rings is 3. The molecule has 3 aromatic rings. The smallest absolute Gasteiger partial charge is 0.176 e. The van der Waals surface area contributed by atoms with Crippen LogP contribution in [0.2, 0.25) is 0 Å². The molecule has 0 unspecified atom stereocenters. The Morgan fingerprint density at radius 2 is 1.19 bits per heavy atom. The molecule has 1 N–H and O–H groups in total. The lowest BCUT2D eigenvalue weighted by atomic mass is 10.1. The van der Waals surface area contributed by atoms with Crippen LogP contribution in [0.25, 0.3) is 0 Å². The van der Waals surface area contributed by atoms with E-state index in [9.17, 15) is 0 Å². The SMILES string of the molecule is Cc1ccccc1C1=NN(c2ccccc2C)N(c2ccccc2C)N1. The predicted octanol–water partition coefficient (Wildman–Crippen LogP) is 4.72. The molecule has 1 aliphatic heterocycles. The summed E-state index contributed by atoms with van der Waals surface area (Å²) in [6.45, 7) is 6.32. The van der Waals surface area contributed by atoms with E-state index in [1.54, 1.807) is 0 Å². The summed E-state index contributed by atoms with van der Waals surface area (Å²) in [6, 6.07) is 24.9. The van der Waals surface area contributed by atoms with Crippen molar-refractivity contribution in [1.82, 2.24) is 5.43 Å². The standard InChI is InChI=1S/C22H22N4/c1-16-10-4-7-13-19(16)22-23-25(20-14-8-5-11-17(20)2)26(24-22)21-15-9-6-12-18(21)3/h4-15H,1-3H3,(H,23,24). The van der Waals surface area contributed by atoms with Crippen LogP contribution in [0.3, 0.4) is 0 Å². The molecule has 0 saturated carbocycles. The lowest BCUT2D eigenvalue weighted by molar-refractivity contribution is 0.765. The van der Waals surface area contributed by atoms with E-state index in [2.05, 4.69) is 68.7 Å². The highest BCUT2D eigenvalue weighted by Gasteiger charge is 2.28. The van der Waals surface area contributed by atoms with Crippen LogP contribution < -0.4 is 15.7 Å². The van der Waals surface area contributed by atoms with Gasteiger partial charge < -0.3 is 0 Å². The third-order valence-electron chi connectivity index (χ3n) is 4.67. The summed E-state index contributed by atoms with van der Waals surface area (Å²) in [7, 11) is 0. The number of hydrazone groups is 1. The van der Waals surface area contributed by atoms with Crippen LogP contribution in [0.5, 0.6) is 0 Å². The molecule has 26 heavy (non-hydrogen) atoms. The zero-order valence-corrected chi connectivity index (χ0v) is 15.3. The Balaban J connectivity index is 1.83. The predicted molar refractivity (Wildman–Crippen MR) is 108 cm³/mol. The largest absolute Gasteiger partial charge is 0.259 e. The van der Waals surface area contributed by atoms with E-state index in [-0.39, 0.29) is 0 Å². The van der Waals surface area contributed by atoms with Crippen LogP contribution in [0.4, 0.5) is 11.4 Å². The summed E-state index contributed by atoms with van der Waals surface area (Å²) >= 11 is 0. The van der Waals surface area contributed by atoms with Gasteiger partial charge in [0.15, 0.2) is 5.84 Å². The average molecular weight is 342 g/mol. The Morgan fingerprint density at radius 3 is 1.81 bits per heavy atom. The van der Waals surface area contributed by atoms with Gasteiger partial charge in [-0.3, -0.25) is 5.43 Å². The first-order chi connectivity index (χ1) is 12.6. The normalized spacial score (nSPS) is 13.6. The van der Waals surface area contributed by atoms with Crippen molar-refractivity contribution < 1.29 is 0 Å². The van der Waals surface area contributed by atoms with Crippen LogP contribution in [0.15, 0.2) is 77.9 Å². The van der Waals surface area contributed by atoms with Crippen molar-refractivity contribution in [3.05, 3.63) is 95.1 Å². The summed E-state index contributed by atoms with van der Waals surface area (Å²) in [6.07, 6.45) is 0. The third kappa shape index (κ3) is 2.80. The Kier molecular flexibility index (Phi) is 4.09. The molecule has 4 rings (SSSR count). The number of para-hydroxylation sites is 2. The zero-order valence-electron chi connectivity index (χ0n) is 15.3. The minimum Gasteiger partial charge on any atom is -0.259 e. The van der Waals surface area contributed by atoms with E-state index < -0.39 is 0 Å². The lowest BCUT2D eigenvalue weighted by Gasteiger charge is -2.30. The first-order valence-electron chi connectivity index (χ1n) is 8.78. The number of anilines is 2. The molecule has 0 atom stereocenters. The van der Waals surface area contributed by atoms with Crippen molar-refractivity contribution in [3.8, 4) is 0 Å². The number of hydrogen-bond acceptors (Lipinski definition) is 4. The fraction of sp³-hybridized carbons (Fsp3) is 0.136. The van der Waals surface area contributed by atoms with Gasteiger partial charge in [0.2, 0.25) is 0 Å². The van der Waals surface area contributed by atoms with Crippen molar-refractivity contribution in [2.75, 3.05) is 10.2 Å². The number of rotatable bonds is 3. The maximum absolute atomic E-state index is 4.91. The molecule has 1 heterocycles. The fourth-order valence-corrected chi connectivity index (χ4v) is 3.17. The van der Waals surface area contributed by atoms with E-state index in [1.807, 2.05) is 40.6 Å². The summed E-state index contributed by atoms with van der Waals surface area (Å²) < 4.78 is 0. The number of amidine groups is 1. The molecule has 0 bridgehead atoms. The van der Waals surface area contributed by atoms with Gasteiger partial charge in [-0.25, -0.2) is 0 Å². The van der Waals surface area contributed by atoms with Crippen LogP contribution in [-0.4, -0.2) is 5.84 Å². The topological polar surface area (TPSA) is 30.9 Å². The molecule has 0 aliphatic carbocycles. The molecule has 0 fully saturated rings. The van der Waals surface area contributed by atoms with Gasteiger partial charge in [-0.2, -0.15) is 10.2 Å². The molecule has 0 aromatic heterocycles. The molecule has 1 aliphatic rings. The average Bonchev–Trinajstić information content (AvgIpc) is 3.07. The highest BCUT2D eigenvalue weighted by molar-refractivity contribution is 6.03. The molecular formula is C22H22N4. The second-order valence-corrected chi connectivity index (χ2v) is 6.55. The number of hydrogen-bond donors (Lipinski definition) is 1. The van der Waals surface area contributed by atoms with E-state index in [4.69, 9.17) is 5.10 Å². The first-order valence-corrected chi connectivity index (χ1v) is 8.78. The second kappa shape index (κ2) is 6.56. The summed E-state index contributed by atoms with van der Waals surface area (Å²) in [5.41, 5.74) is 10.2. The lowest BCUT2D eigenvalue weighted by Crippen LogP contribution is -2.45. The molecule has 4 heteroatoms. The van der Waals surface area contributed by atoms with Gasteiger partial charge in [-0.05, 0) is 49.6 Å². The van der Waals surface area contributed by atoms with Gasteiger partial charge >= 0.3 is 0 Å². The molecule has 4 nitrogen and oxygen atoms in total. The number of nitrogens with one attached hydrogen (secondary N) is 1. The number of hydrazine groups is 2. The monoisotopic (exact) mass is 342 g/mol. The van der Waals surface area contributed by atoms with E-state index in [0.717, 1.165) is 22.8 Å². The van der Waals surface area contributed by atoms with Crippen molar-refractivity contribution >= 4 is 17.2 Å². The van der Waals surface area contributed by atoms with Crippen LogP contribution >= 0.6 is 0 Å². The van der Waals surface area contributed by atoms with Gasteiger partial charge in [-0.1, -0.05) is 60.7 Å². The van der Waals surface area contributed by atoms with Crippen LogP contribution in [0.1, 0.15) is 22.3 Å². The Bertz CT molecular complexity index is 977. The molecule has 130 valence electrons. The van der Waals surface area contributed by atoms with Crippen LogP contribution in [0, 0.1) is 20.8 Å². The summed E-state index contributed by atoms with van der Waals surface area (Å²) in [4.78, 5) is 0. The summed E-state index contributed by atoms with van der Waals surface area (Å²) in [5.74, 6) is 0.842. The van der Waals surface area contributed by atoms with Crippen molar-refractivity contribution in [3.63, 3.8) is 0 Å². The van der Waals surface area contributed by atoms with Gasteiger partial charge in [-0.15, -0.1) is 5.10 Å². The Labute approximate surface area is 154 Å². The fourth-order valence-electron chi connectivity index (χ4n) is 3.17. The van der Waals surface area contributed by atoms with E-state index >= 15 is 0 Å². The Hall–Kier alpha value is -3.27. The number of nitrogens with zero attached hydrogens (tertiary/aromatic N) is 3. The van der Waals surface area contributed by atoms with Gasteiger partial charge in [0, 0.05) is 5.56 Å². The second-order valence-electron chi connectivity index (χ2n) is 6.55. The summed E-state index contributed by atoms with van der Waals surface area (Å²) in [5, 5.41) is 8.87. The third-order valence-corrected chi connectivity index (χ3v) is 4.67. The van der Waals surface area contributed by atoms with Crippen LogP contribution in [-0.2, 0) is 0 Å². The first kappa shape index (κ1) is 16.2. The minimum atomic E-state index is 0.842. The highest BCUT2D eigenvalue weighted by atomic mass is 15.9. The van der Waals surface area contributed by atoms with E-state index in [0.29, 0.717) is 0 Å². The van der Waals surface area contributed by atoms with Gasteiger partial charge in [0.05, 0.1) is 11.4 Å². The maximum Gasteiger partial charge on any atom is 0.176 e. The maximum atomic E-state index is 4.91. The van der Waals surface area contributed by atoms with Crippen molar-refractivity contribution in [2.24, 2.45) is 5.10 Å². The quantitative estimate of drug-likeness (QED) is 0.747. The van der Waals surface area contributed by atoms with Gasteiger partial charge in [0.1, 0.15) is 0 Å². The minimum absolute atomic E-state index is 0.842. The molecule has 0 radical (unpaired) electrons. The highest BCUT2D eigenvalue weighted by Crippen LogP contribution is 2.30. The number of aryl methyl sites for hydroxylation is 3. The molecule has 0 saturated heterocycles. The molecule has 0 amide bonds. The zero-order chi connectivity index (χ0) is 18.1. The Morgan fingerprint density at radius 1 is 0.654 bits per heavy atom. The van der Waals surface area contributed by atoms with Crippen molar-refractivity contribution in [1.29, 1.82) is 0 Å². The molecular weight excluding hydrogens is 320 g/mol. The van der Waals surface area contributed by atoms with E-state index in [1.165, 1.54) is 16.7 Å². The van der Waals surface area contributed by atoms with Crippen molar-refractivity contribution in [2.45, 2.75) is 20.8 Å². The molecule has 0 spiro atoms. The van der Waals surface area contributed by atoms with Gasteiger partial charge in [0.25, 0.3) is 0 Å². The molecule has 3 aromatic carbocycles.